The number of carboxylic acids is 1. The molecule has 0 aliphatic heterocycles. The van der Waals surface area contributed by atoms with E-state index in [0.717, 1.165) is 33.9 Å². The van der Waals surface area contributed by atoms with Gasteiger partial charge >= 0.3 is 5.97 Å². The van der Waals surface area contributed by atoms with Gasteiger partial charge in [0.05, 0.1) is 11.4 Å². The van der Waals surface area contributed by atoms with E-state index in [9.17, 15) is 9.90 Å². The maximum Gasteiger partial charge on any atom is 0.354 e. The lowest BCUT2D eigenvalue weighted by Gasteiger charge is -2.17. The molecule has 4 nitrogen and oxygen atoms in total. The lowest BCUT2D eigenvalue weighted by Crippen LogP contribution is -2.06. The van der Waals surface area contributed by atoms with E-state index >= 15 is 0 Å². The molecule has 5 heteroatoms. The number of carboxylic acid groups (broad SMARTS) is 1. The van der Waals surface area contributed by atoms with Crippen molar-refractivity contribution in [3.8, 4) is 11.3 Å². The topological polar surface area (TPSA) is 54.6 Å². The van der Waals surface area contributed by atoms with Crippen molar-refractivity contribution in [2.24, 2.45) is 0 Å². The van der Waals surface area contributed by atoms with Crippen LogP contribution in [0, 0.1) is 13.8 Å². The van der Waals surface area contributed by atoms with Gasteiger partial charge in [0, 0.05) is 4.88 Å². The van der Waals surface area contributed by atoms with Crippen molar-refractivity contribution in [2.45, 2.75) is 39.5 Å². The predicted molar refractivity (Wildman–Crippen MR) is 91.6 cm³/mol. The number of hydrogen-bond donors (Lipinski definition) is 1. The van der Waals surface area contributed by atoms with Crippen LogP contribution in [0.1, 0.15) is 45.0 Å². The molecule has 2 heterocycles. The Bertz CT molecular complexity index is 936. The number of thiazole rings is 1. The quantitative estimate of drug-likeness (QED) is 0.765. The molecule has 0 saturated carbocycles. The number of nitrogens with zero attached hydrogens (tertiary/aromatic N) is 2. The zero-order valence-electron chi connectivity index (χ0n) is 13.2. The third-order valence-electron chi connectivity index (χ3n) is 4.65. The number of rotatable bonds is 2. The minimum atomic E-state index is -0.924. The van der Waals surface area contributed by atoms with Gasteiger partial charge in [-0.05, 0) is 62.3 Å². The average Bonchev–Trinajstić information content (AvgIpc) is 2.99. The van der Waals surface area contributed by atoms with E-state index in [2.05, 4.69) is 23.2 Å². The molecular formula is C18H18N2O2S. The third kappa shape index (κ3) is 2.18. The molecule has 0 radical (unpaired) electrons. The van der Waals surface area contributed by atoms with Crippen LogP contribution in [-0.2, 0) is 12.8 Å². The Hall–Kier alpha value is -2.14. The maximum absolute atomic E-state index is 11.7. The highest BCUT2D eigenvalue weighted by Gasteiger charge is 2.23. The van der Waals surface area contributed by atoms with Crippen molar-refractivity contribution in [3.05, 3.63) is 45.6 Å². The van der Waals surface area contributed by atoms with Crippen LogP contribution in [0.4, 0.5) is 0 Å². The first-order valence-electron chi connectivity index (χ1n) is 7.90. The van der Waals surface area contributed by atoms with Crippen molar-refractivity contribution >= 4 is 22.3 Å². The van der Waals surface area contributed by atoms with E-state index in [1.165, 1.54) is 24.0 Å². The molecule has 1 aliphatic carbocycles. The predicted octanol–water partition coefficient (Wildman–Crippen LogP) is 4.26. The first kappa shape index (κ1) is 14.5. The van der Waals surface area contributed by atoms with Gasteiger partial charge in [-0.25, -0.2) is 9.78 Å². The highest BCUT2D eigenvalue weighted by Crippen LogP contribution is 2.35. The Morgan fingerprint density at radius 2 is 1.96 bits per heavy atom. The molecule has 4 rings (SSSR count). The molecule has 3 aromatic rings. The van der Waals surface area contributed by atoms with Gasteiger partial charge in [0.25, 0.3) is 0 Å². The fraction of sp³-hybridized carbons (Fsp3) is 0.333. The number of hydrogen-bond acceptors (Lipinski definition) is 3. The number of carbonyl (C=O) groups is 1. The fourth-order valence-electron chi connectivity index (χ4n) is 3.59. The molecule has 118 valence electrons. The van der Waals surface area contributed by atoms with Gasteiger partial charge in [0.2, 0.25) is 0 Å². The molecule has 2 aromatic heterocycles. The Kier molecular flexibility index (Phi) is 3.27. The third-order valence-corrected chi connectivity index (χ3v) is 5.60. The normalized spacial score (nSPS) is 14.2. The van der Waals surface area contributed by atoms with Crippen LogP contribution in [0.3, 0.4) is 0 Å². The molecular weight excluding hydrogens is 308 g/mol. The summed E-state index contributed by atoms with van der Waals surface area (Å²) in [6, 6.07) is 6.57. The summed E-state index contributed by atoms with van der Waals surface area (Å²) < 4.78 is 1.81. The van der Waals surface area contributed by atoms with E-state index in [1.807, 2.05) is 11.3 Å². The van der Waals surface area contributed by atoms with Crippen LogP contribution in [0.25, 0.3) is 16.2 Å². The molecule has 0 atom stereocenters. The largest absolute Gasteiger partial charge is 0.477 e. The lowest BCUT2D eigenvalue weighted by atomic mass is 9.90. The number of benzene rings is 1. The number of aromatic nitrogens is 2. The second kappa shape index (κ2) is 5.20. The average molecular weight is 326 g/mol. The number of aromatic carboxylic acids is 1. The summed E-state index contributed by atoms with van der Waals surface area (Å²) in [6.45, 7) is 3.80. The van der Waals surface area contributed by atoms with Crippen LogP contribution < -0.4 is 0 Å². The number of aryl methyl sites for hydroxylation is 4. The highest BCUT2D eigenvalue weighted by atomic mass is 32.1. The van der Waals surface area contributed by atoms with E-state index < -0.39 is 5.97 Å². The van der Waals surface area contributed by atoms with Gasteiger partial charge in [0.1, 0.15) is 0 Å². The van der Waals surface area contributed by atoms with Crippen molar-refractivity contribution in [1.29, 1.82) is 0 Å². The van der Waals surface area contributed by atoms with Crippen LogP contribution in [0.15, 0.2) is 18.2 Å². The summed E-state index contributed by atoms with van der Waals surface area (Å²) >= 11 is 1.55. The minimum absolute atomic E-state index is 0.275. The summed E-state index contributed by atoms with van der Waals surface area (Å²) in [5.74, 6) is -0.924. The molecule has 0 spiro atoms. The van der Waals surface area contributed by atoms with Crippen LogP contribution >= 0.6 is 11.3 Å². The van der Waals surface area contributed by atoms with Gasteiger partial charge in [0.15, 0.2) is 10.7 Å². The second-order valence-corrected chi connectivity index (χ2v) is 7.35. The van der Waals surface area contributed by atoms with Crippen LogP contribution in [-0.4, -0.2) is 20.5 Å². The van der Waals surface area contributed by atoms with Crippen molar-refractivity contribution < 1.29 is 9.90 Å². The molecule has 0 saturated heterocycles. The molecule has 23 heavy (non-hydrogen) atoms. The second-order valence-electron chi connectivity index (χ2n) is 6.17. The van der Waals surface area contributed by atoms with E-state index in [4.69, 9.17) is 0 Å². The van der Waals surface area contributed by atoms with E-state index in [1.54, 1.807) is 18.3 Å². The molecule has 0 bridgehead atoms. The summed E-state index contributed by atoms with van der Waals surface area (Å²) in [7, 11) is 0. The van der Waals surface area contributed by atoms with Gasteiger partial charge < -0.3 is 5.11 Å². The monoisotopic (exact) mass is 326 g/mol. The number of imidazole rings is 1. The summed E-state index contributed by atoms with van der Waals surface area (Å²) in [5, 5.41) is 9.57. The zero-order chi connectivity index (χ0) is 16.1. The SMILES string of the molecule is Cc1nc2sc(C)c(-c3ccc4c(c3)CCCC4)n2c1C(=O)O. The van der Waals surface area contributed by atoms with Crippen LogP contribution in [0.5, 0.6) is 0 Å². The van der Waals surface area contributed by atoms with Gasteiger partial charge in [-0.15, -0.1) is 11.3 Å². The van der Waals surface area contributed by atoms with Crippen LogP contribution in [0.2, 0.25) is 0 Å². The van der Waals surface area contributed by atoms with Crippen molar-refractivity contribution in [3.63, 3.8) is 0 Å². The molecule has 1 N–H and O–H groups in total. The van der Waals surface area contributed by atoms with Gasteiger partial charge in [-0.3, -0.25) is 4.40 Å². The first-order valence-corrected chi connectivity index (χ1v) is 8.72. The van der Waals surface area contributed by atoms with E-state index in [0.29, 0.717) is 5.69 Å². The summed E-state index contributed by atoms with van der Waals surface area (Å²) in [4.78, 5) is 18.0. The molecule has 0 fully saturated rings. The van der Waals surface area contributed by atoms with Crippen molar-refractivity contribution in [1.82, 2.24) is 9.38 Å². The van der Waals surface area contributed by atoms with Crippen molar-refractivity contribution in [2.75, 3.05) is 0 Å². The minimum Gasteiger partial charge on any atom is -0.477 e. The summed E-state index contributed by atoms with van der Waals surface area (Å²) in [5.41, 5.74) is 5.75. The van der Waals surface area contributed by atoms with E-state index in [-0.39, 0.29) is 5.69 Å². The molecule has 0 unspecified atom stereocenters. The Morgan fingerprint density at radius 1 is 1.22 bits per heavy atom. The standard InChI is InChI=1S/C18H18N2O2S/c1-10-15(17(21)22)20-16(11(2)23-18(20)19-10)14-8-7-12-5-3-4-6-13(12)9-14/h7-9H,3-6H2,1-2H3,(H,21,22). The Labute approximate surface area is 138 Å². The molecule has 1 aromatic carbocycles. The molecule has 1 aliphatic rings. The Morgan fingerprint density at radius 3 is 2.70 bits per heavy atom. The number of fused-ring (bicyclic) bond motifs is 2. The van der Waals surface area contributed by atoms with Gasteiger partial charge in [-0.1, -0.05) is 12.1 Å². The maximum atomic E-state index is 11.7. The Balaban J connectivity index is 1.98. The highest BCUT2D eigenvalue weighted by molar-refractivity contribution is 7.17. The molecule has 0 amide bonds. The fourth-order valence-corrected chi connectivity index (χ4v) is 4.62. The first-order chi connectivity index (χ1) is 11.1. The van der Waals surface area contributed by atoms with Gasteiger partial charge in [-0.2, -0.15) is 0 Å². The lowest BCUT2D eigenvalue weighted by molar-refractivity contribution is 0.0688. The summed E-state index contributed by atoms with van der Waals surface area (Å²) in [6.07, 6.45) is 4.76. The zero-order valence-corrected chi connectivity index (χ0v) is 14.0. The smallest absolute Gasteiger partial charge is 0.354 e.